The van der Waals surface area contributed by atoms with E-state index in [1.165, 1.54) is 4.90 Å². The van der Waals surface area contributed by atoms with Gasteiger partial charge >= 0.3 is 0 Å². The van der Waals surface area contributed by atoms with E-state index in [9.17, 15) is 0 Å². The second kappa shape index (κ2) is 7.43. The van der Waals surface area contributed by atoms with Crippen LogP contribution < -0.4 is 5.73 Å². The molecule has 0 aliphatic rings. The maximum Gasteiger partial charge on any atom is 0.0420 e. The summed E-state index contributed by atoms with van der Waals surface area (Å²) in [5.41, 5.74) is 7.18. The average Bonchev–Trinajstić information content (AvgIpc) is 2.40. The van der Waals surface area contributed by atoms with Gasteiger partial charge in [0.1, 0.15) is 0 Å². The second-order valence-electron chi connectivity index (χ2n) is 4.17. The van der Waals surface area contributed by atoms with Gasteiger partial charge in [-0.25, -0.2) is 0 Å². The normalized spacial score (nSPS) is 12.4. The molecule has 2 N–H and O–H groups in total. The van der Waals surface area contributed by atoms with Gasteiger partial charge in [0.05, 0.1) is 0 Å². The molecular formula is C14H14Br2N2S. The molecule has 100 valence electrons. The number of hydrogen-bond donors (Lipinski definition) is 1. The molecule has 0 aliphatic heterocycles. The number of aromatic nitrogens is 1. The van der Waals surface area contributed by atoms with E-state index < -0.39 is 0 Å². The highest BCUT2D eigenvalue weighted by Gasteiger charge is 2.07. The Hall–Kier alpha value is -0.360. The quantitative estimate of drug-likeness (QED) is 0.760. The molecule has 0 fully saturated rings. The first-order chi connectivity index (χ1) is 9.15. The Labute approximate surface area is 134 Å². The summed E-state index contributed by atoms with van der Waals surface area (Å²) in [5.74, 6) is 0.875. The number of hydrogen-bond acceptors (Lipinski definition) is 3. The predicted octanol–water partition coefficient (Wildman–Crippen LogP) is 4.27. The Kier molecular flexibility index (Phi) is 5.88. The largest absolute Gasteiger partial charge is 0.327 e. The molecule has 5 heteroatoms. The third kappa shape index (κ3) is 4.91. The third-order valence-corrected chi connectivity index (χ3v) is 5.23. The summed E-state index contributed by atoms with van der Waals surface area (Å²) in [7, 11) is 0. The van der Waals surface area contributed by atoms with Gasteiger partial charge in [-0.1, -0.05) is 12.1 Å². The number of benzene rings is 1. The van der Waals surface area contributed by atoms with Crippen molar-refractivity contribution in [1.82, 2.24) is 4.98 Å². The molecule has 0 radical (unpaired) electrons. The monoisotopic (exact) mass is 400 g/mol. The van der Waals surface area contributed by atoms with E-state index in [0.717, 1.165) is 26.8 Å². The van der Waals surface area contributed by atoms with Crippen LogP contribution in [0.15, 0.2) is 56.4 Å². The average molecular weight is 402 g/mol. The van der Waals surface area contributed by atoms with Crippen molar-refractivity contribution in [2.75, 3.05) is 5.75 Å². The number of nitrogens with two attached hydrogens (primary N) is 1. The lowest BCUT2D eigenvalue weighted by molar-refractivity contribution is 0.731. The first kappa shape index (κ1) is 15.0. The molecule has 19 heavy (non-hydrogen) atoms. The summed E-state index contributed by atoms with van der Waals surface area (Å²) in [4.78, 5) is 5.57. The van der Waals surface area contributed by atoms with Gasteiger partial charge < -0.3 is 5.73 Å². The summed E-state index contributed by atoms with van der Waals surface area (Å²) in [6, 6.07) is 12.3. The molecule has 2 rings (SSSR count). The summed E-state index contributed by atoms with van der Waals surface area (Å²) >= 11 is 8.69. The second-order valence-corrected chi connectivity index (χ2v) is 7.01. The molecule has 0 amide bonds. The Bertz CT molecular complexity index is 531. The van der Waals surface area contributed by atoms with Crippen molar-refractivity contribution < 1.29 is 0 Å². The Morgan fingerprint density at radius 1 is 1.16 bits per heavy atom. The van der Waals surface area contributed by atoms with Gasteiger partial charge in [0, 0.05) is 43.9 Å². The van der Waals surface area contributed by atoms with Gasteiger partial charge in [-0.15, -0.1) is 11.8 Å². The van der Waals surface area contributed by atoms with Crippen LogP contribution in [-0.4, -0.2) is 16.8 Å². The zero-order valence-corrected chi connectivity index (χ0v) is 14.2. The van der Waals surface area contributed by atoms with Crippen molar-refractivity contribution in [3.05, 3.63) is 57.2 Å². The predicted molar refractivity (Wildman–Crippen MR) is 88.5 cm³/mol. The van der Waals surface area contributed by atoms with E-state index in [4.69, 9.17) is 5.73 Å². The summed E-state index contributed by atoms with van der Waals surface area (Å²) in [6.07, 6.45) is 2.60. The van der Waals surface area contributed by atoms with Crippen LogP contribution in [0.25, 0.3) is 0 Å². The first-order valence-electron chi connectivity index (χ1n) is 5.88. The highest BCUT2D eigenvalue weighted by molar-refractivity contribution is 9.10. The van der Waals surface area contributed by atoms with E-state index in [-0.39, 0.29) is 6.04 Å². The van der Waals surface area contributed by atoms with Crippen molar-refractivity contribution in [3.8, 4) is 0 Å². The van der Waals surface area contributed by atoms with Gasteiger partial charge in [0.2, 0.25) is 0 Å². The standard InChI is InChI=1S/C14H14Br2N2S/c15-10-5-6-12(18-8-10)7-11(17)9-19-14-4-2-1-3-13(14)16/h1-6,8,11H,7,9,17H2. The number of halogens is 2. The zero-order valence-electron chi connectivity index (χ0n) is 10.2. The molecule has 1 heterocycles. The molecule has 0 bridgehead atoms. The van der Waals surface area contributed by atoms with Gasteiger partial charge in [-0.05, 0) is 56.1 Å². The fourth-order valence-corrected chi connectivity index (χ4v) is 3.37. The van der Waals surface area contributed by atoms with E-state index in [2.05, 4.69) is 42.9 Å². The van der Waals surface area contributed by atoms with Gasteiger partial charge in [-0.2, -0.15) is 0 Å². The van der Waals surface area contributed by atoms with E-state index in [1.807, 2.05) is 36.5 Å². The molecule has 1 aromatic heterocycles. The van der Waals surface area contributed by atoms with Crippen LogP contribution in [0.3, 0.4) is 0 Å². The van der Waals surface area contributed by atoms with Crippen LogP contribution in [0, 0.1) is 0 Å². The van der Waals surface area contributed by atoms with E-state index in [0.29, 0.717) is 0 Å². The van der Waals surface area contributed by atoms with E-state index in [1.54, 1.807) is 11.8 Å². The minimum atomic E-state index is 0.103. The van der Waals surface area contributed by atoms with Crippen molar-refractivity contribution in [3.63, 3.8) is 0 Å². The smallest absolute Gasteiger partial charge is 0.0420 e. The van der Waals surface area contributed by atoms with Crippen LogP contribution in [0.5, 0.6) is 0 Å². The van der Waals surface area contributed by atoms with Gasteiger partial charge in [0.15, 0.2) is 0 Å². The number of pyridine rings is 1. The number of rotatable bonds is 5. The topological polar surface area (TPSA) is 38.9 Å². The lowest BCUT2D eigenvalue weighted by Gasteiger charge is -2.11. The van der Waals surface area contributed by atoms with Crippen molar-refractivity contribution >= 4 is 43.6 Å². The van der Waals surface area contributed by atoms with Crippen LogP contribution in [0.4, 0.5) is 0 Å². The first-order valence-corrected chi connectivity index (χ1v) is 8.45. The Balaban J connectivity index is 1.86. The van der Waals surface area contributed by atoms with Crippen LogP contribution >= 0.6 is 43.6 Å². The van der Waals surface area contributed by atoms with Crippen LogP contribution in [0.2, 0.25) is 0 Å². The van der Waals surface area contributed by atoms with Crippen molar-refractivity contribution in [1.29, 1.82) is 0 Å². The lowest BCUT2D eigenvalue weighted by atomic mass is 10.2. The third-order valence-electron chi connectivity index (χ3n) is 2.55. The van der Waals surface area contributed by atoms with Crippen molar-refractivity contribution in [2.45, 2.75) is 17.4 Å². The maximum absolute atomic E-state index is 6.15. The maximum atomic E-state index is 6.15. The number of nitrogens with zero attached hydrogens (tertiary/aromatic N) is 1. The molecule has 2 nitrogen and oxygen atoms in total. The molecule has 0 aliphatic carbocycles. The highest BCUT2D eigenvalue weighted by Crippen LogP contribution is 2.27. The van der Waals surface area contributed by atoms with Gasteiger partial charge in [0.25, 0.3) is 0 Å². The minimum Gasteiger partial charge on any atom is -0.327 e. The summed E-state index contributed by atoms with van der Waals surface area (Å²) in [5, 5.41) is 0. The molecular weight excluding hydrogens is 388 g/mol. The number of thioether (sulfide) groups is 1. The Morgan fingerprint density at radius 2 is 1.95 bits per heavy atom. The van der Waals surface area contributed by atoms with E-state index >= 15 is 0 Å². The molecule has 1 unspecified atom stereocenters. The highest BCUT2D eigenvalue weighted by atomic mass is 79.9. The fourth-order valence-electron chi connectivity index (χ4n) is 1.61. The Morgan fingerprint density at radius 3 is 2.63 bits per heavy atom. The molecule has 0 saturated heterocycles. The molecule has 0 spiro atoms. The fraction of sp³-hybridized carbons (Fsp3) is 0.214. The van der Waals surface area contributed by atoms with Gasteiger partial charge in [-0.3, -0.25) is 4.98 Å². The minimum absolute atomic E-state index is 0.103. The lowest BCUT2D eigenvalue weighted by Crippen LogP contribution is -2.26. The zero-order chi connectivity index (χ0) is 13.7. The van der Waals surface area contributed by atoms with Crippen molar-refractivity contribution in [2.24, 2.45) is 5.73 Å². The summed E-state index contributed by atoms with van der Waals surface area (Å²) < 4.78 is 2.11. The summed E-state index contributed by atoms with van der Waals surface area (Å²) in [6.45, 7) is 0. The molecule has 0 saturated carbocycles. The SMILES string of the molecule is NC(CSc1ccccc1Br)Cc1ccc(Br)cn1. The molecule has 2 aromatic rings. The molecule has 1 atom stereocenters. The van der Waals surface area contributed by atoms with Crippen LogP contribution in [-0.2, 0) is 6.42 Å². The molecule has 1 aromatic carbocycles. The van der Waals surface area contributed by atoms with Crippen LogP contribution in [0.1, 0.15) is 5.69 Å².